The molecule has 0 spiro atoms. The summed E-state index contributed by atoms with van der Waals surface area (Å²) in [5, 5.41) is 3.85. The Morgan fingerprint density at radius 1 is 1.21 bits per heavy atom. The molecule has 1 saturated heterocycles. The largest absolute Gasteiger partial charge is 0.446 e. The van der Waals surface area contributed by atoms with E-state index in [1.54, 1.807) is 9.80 Å². The van der Waals surface area contributed by atoms with Crippen LogP contribution in [0.5, 0.6) is 0 Å². The van der Waals surface area contributed by atoms with Gasteiger partial charge in [0.25, 0.3) is 5.91 Å². The van der Waals surface area contributed by atoms with Crippen molar-refractivity contribution >= 4 is 39.4 Å². The Kier molecular flexibility index (Phi) is 7.40. The molecule has 0 aliphatic carbocycles. The Balaban J connectivity index is 1.81. The van der Waals surface area contributed by atoms with Gasteiger partial charge in [-0.25, -0.2) is 9.78 Å². The van der Waals surface area contributed by atoms with Crippen LogP contribution in [0.4, 0.5) is 23.8 Å². The summed E-state index contributed by atoms with van der Waals surface area (Å²) in [6.07, 6.45) is -4.33. The van der Waals surface area contributed by atoms with Crippen LogP contribution in [0.1, 0.15) is 56.5 Å². The third kappa shape index (κ3) is 5.34. The number of hydrogen-bond donors (Lipinski definition) is 1. The zero-order chi connectivity index (χ0) is 24.5. The first kappa shape index (κ1) is 25.1. The van der Waals surface area contributed by atoms with Gasteiger partial charge in [0.2, 0.25) is 0 Å². The molecule has 1 fully saturated rings. The van der Waals surface area contributed by atoms with Crippen LogP contribution in [-0.2, 0) is 10.9 Å². The monoisotopic (exact) mass is 486 g/mol. The van der Waals surface area contributed by atoms with Gasteiger partial charge in [0.15, 0.2) is 0 Å². The minimum atomic E-state index is -4.58. The molecule has 11 heteroatoms. The van der Waals surface area contributed by atoms with Crippen molar-refractivity contribution in [3.05, 3.63) is 22.6 Å². The normalized spacial score (nSPS) is 15.4. The predicted molar refractivity (Wildman–Crippen MR) is 122 cm³/mol. The molecule has 1 N–H and O–H groups in total. The lowest BCUT2D eigenvalue weighted by Gasteiger charge is -2.35. The van der Waals surface area contributed by atoms with Crippen molar-refractivity contribution in [1.82, 2.24) is 15.2 Å². The molecular formula is C22H29F3N4O3S. The fraction of sp³-hybridized carbons (Fsp3) is 0.591. The highest BCUT2D eigenvalue weighted by Gasteiger charge is 2.36. The Hall–Kier alpha value is -2.56. The van der Waals surface area contributed by atoms with Crippen molar-refractivity contribution in [3.63, 3.8) is 0 Å². The van der Waals surface area contributed by atoms with Crippen molar-refractivity contribution in [1.29, 1.82) is 0 Å². The van der Waals surface area contributed by atoms with E-state index in [4.69, 9.17) is 4.74 Å². The summed E-state index contributed by atoms with van der Waals surface area (Å²) >= 11 is 0.857. The van der Waals surface area contributed by atoms with Crippen LogP contribution in [0.3, 0.4) is 0 Å². The number of aromatic nitrogens is 1. The number of anilines is 1. The second-order valence-corrected chi connectivity index (χ2v) is 9.48. The maximum absolute atomic E-state index is 13.8. The van der Waals surface area contributed by atoms with E-state index in [0.29, 0.717) is 25.9 Å². The van der Waals surface area contributed by atoms with Crippen LogP contribution in [0.15, 0.2) is 11.4 Å². The van der Waals surface area contributed by atoms with E-state index < -0.39 is 17.6 Å². The first-order chi connectivity index (χ1) is 15.4. The number of ether oxygens (including phenoxy) is 1. The van der Waals surface area contributed by atoms with Gasteiger partial charge in [-0.05, 0) is 33.8 Å². The molecule has 0 unspecified atom stereocenters. The van der Waals surface area contributed by atoms with Gasteiger partial charge in [0.1, 0.15) is 11.9 Å². The van der Waals surface area contributed by atoms with Crippen LogP contribution in [-0.4, -0.2) is 60.2 Å². The van der Waals surface area contributed by atoms with E-state index >= 15 is 0 Å². The van der Waals surface area contributed by atoms with Crippen molar-refractivity contribution < 1.29 is 27.5 Å². The molecule has 2 amide bonds. The maximum Gasteiger partial charge on any atom is 0.417 e. The molecule has 0 bridgehead atoms. The number of rotatable bonds is 5. The molecule has 0 atom stereocenters. The summed E-state index contributed by atoms with van der Waals surface area (Å²) in [6, 6.07) is 1.03. The van der Waals surface area contributed by atoms with Crippen molar-refractivity contribution in [2.75, 3.05) is 25.0 Å². The van der Waals surface area contributed by atoms with Gasteiger partial charge < -0.3 is 19.9 Å². The molecule has 0 radical (unpaired) electrons. The van der Waals surface area contributed by atoms with E-state index in [1.807, 2.05) is 27.7 Å². The third-order valence-electron chi connectivity index (χ3n) is 5.64. The van der Waals surface area contributed by atoms with Crippen molar-refractivity contribution in [2.45, 2.75) is 64.9 Å². The Bertz CT molecular complexity index is 1010. The quantitative estimate of drug-likeness (QED) is 0.651. The summed E-state index contributed by atoms with van der Waals surface area (Å²) in [7, 11) is 1.42. The lowest BCUT2D eigenvalue weighted by molar-refractivity contribution is -0.136. The molecule has 1 aliphatic rings. The standard InChI is InChI=1S/C22H29F3N4O3S/c1-12(2)29(13(3)4)21(31)32-14-6-8-28(9-7-14)17-10-16(22(23,24)25)19-18(27-17)15(11-33-19)20(30)26-5/h10-14H,6-9H2,1-5H3,(H,26,30). The average molecular weight is 487 g/mol. The van der Waals surface area contributed by atoms with Crippen molar-refractivity contribution in [3.8, 4) is 0 Å². The number of pyridine rings is 1. The van der Waals surface area contributed by atoms with Gasteiger partial charge in [-0.2, -0.15) is 13.2 Å². The minimum Gasteiger partial charge on any atom is -0.446 e. The molecule has 3 heterocycles. The lowest BCUT2D eigenvalue weighted by Crippen LogP contribution is -2.45. The highest BCUT2D eigenvalue weighted by molar-refractivity contribution is 7.17. The number of halogens is 3. The van der Waals surface area contributed by atoms with E-state index in [9.17, 15) is 22.8 Å². The maximum atomic E-state index is 13.8. The fourth-order valence-corrected chi connectivity index (χ4v) is 5.11. The van der Waals surface area contributed by atoms with Crippen LogP contribution in [0.25, 0.3) is 10.2 Å². The Morgan fingerprint density at radius 2 is 1.82 bits per heavy atom. The number of thiophene rings is 1. The summed E-state index contributed by atoms with van der Waals surface area (Å²) in [4.78, 5) is 32.5. The topological polar surface area (TPSA) is 74.8 Å². The molecule has 2 aromatic rings. The number of piperidine rings is 1. The first-order valence-electron chi connectivity index (χ1n) is 10.9. The molecule has 1 aliphatic heterocycles. The van der Waals surface area contributed by atoms with Crippen LogP contribution in [0.2, 0.25) is 0 Å². The van der Waals surface area contributed by atoms with E-state index in [1.165, 1.54) is 12.4 Å². The zero-order valence-corrected chi connectivity index (χ0v) is 20.1. The number of nitrogens with one attached hydrogen (secondary N) is 1. The summed E-state index contributed by atoms with van der Waals surface area (Å²) < 4.78 is 46.9. The highest BCUT2D eigenvalue weighted by Crippen LogP contribution is 2.40. The SMILES string of the molecule is CNC(=O)c1csc2c(C(F)(F)F)cc(N3CCC(OC(=O)N(C(C)C)C(C)C)CC3)nc12. The predicted octanol–water partition coefficient (Wildman–Crippen LogP) is 4.90. The molecular weight excluding hydrogens is 457 g/mol. The molecule has 33 heavy (non-hydrogen) atoms. The van der Waals surface area contributed by atoms with Crippen LogP contribution in [0, 0.1) is 0 Å². The number of nitrogens with zero attached hydrogens (tertiary/aromatic N) is 3. The third-order valence-corrected chi connectivity index (χ3v) is 6.65. The lowest BCUT2D eigenvalue weighted by atomic mass is 10.1. The number of fused-ring (bicyclic) bond motifs is 1. The molecule has 3 rings (SSSR count). The average Bonchev–Trinajstić information content (AvgIpc) is 3.15. The van der Waals surface area contributed by atoms with Gasteiger partial charge in [0.05, 0.1) is 21.3 Å². The van der Waals surface area contributed by atoms with Gasteiger partial charge >= 0.3 is 12.3 Å². The van der Waals surface area contributed by atoms with Gasteiger partial charge in [-0.15, -0.1) is 11.3 Å². The fourth-order valence-electron chi connectivity index (χ4n) is 4.09. The minimum absolute atomic E-state index is 0.00515. The van der Waals surface area contributed by atoms with Crippen LogP contribution >= 0.6 is 11.3 Å². The second kappa shape index (κ2) is 9.74. The highest BCUT2D eigenvalue weighted by atomic mass is 32.1. The molecule has 0 saturated carbocycles. The summed E-state index contributed by atoms with van der Waals surface area (Å²) in [5.74, 6) is -0.321. The van der Waals surface area contributed by atoms with Crippen LogP contribution < -0.4 is 10.2 Å². The molecule has 2 aromatic heterocycles. The molecule has 182 valence electrons. The van der Waals surface area contributed by atoms with E-state index in [-0.39, 0.29) is 45.9 Å². The second-order valence-electron chi connectivity index (χ2n) is 8.60. The number of carbonyl (C=O) groups is 2. The van der Waals surface area contributed by atoms with Gasteiger partial charge in [0, 0.05) is 50.4 Å². The number of hydrogen-bond acceptors (Lipinski definition) is 6. The number of alkyl halides is 3. The van der Waals surface area contributed by atoms with Gasteiger partial charge in [-0.1, -0.05) is 0 Å². The molecule has 0 aromatic carbocycles. The first-order valence-corrected chi connectivity index (χ1v) is 11.8. The summed E-state index contributed by atoms with van der Waals surface area (Å²) in [6.45, 7) is 8.44. The van der Waals surface area contributed by atoms with E-state index in [2.05, 4.69) is 10.3 Å². The Labute approximate surface area is 194 Å². The number of amides is 2. The smallest absolute Gasteiger partial charge is 0.417 e. The number of carbonyl (C=O) groups excluding carboxylic acids is 2. The van der Waals surface area contributed by atoms with Gasteiger partial charge in [-0.3, -0.25) is 4.79 Å². The van der Waals surface area contributed by atoms with Crippen molar-refractivity contribution in [2.24, 2.45) is 0 Å². The van der Waals surface area contributed by atoms with E-state index in [0.717, 1.165) is 17.4 Å². The zero-order valence-electron chi connectivity index (χ0n) is 19.3. The Morgan fingerprint density at radius 3 is 2.33 bits per heavy atom. The molecule has 7 nitrogen and oxygen atoms in total. The summed E-state index contributed by atoms with van der Waals surface area (Å²) in [5.41, 5.74) is -0.640.